The number of aliphatic imine (C=N–C) groups is 1. The number of fused-ring (bicyclic) bond motifs is 1. The minimum atomic E-state index is 0.488. The summed E-state index contributed by atoms with van der Waals surface area (Å²) in [5.41, 5.74) is 2.33. The fourth-order valence-corrected chi connectivity index (χ4v) is 4.54. The molecule has 2 N–H and O–H groups in total. The molecule has 0 radical (unpaired) electrons. The lowest BCUT2D eigenvalue weighted by Gasteiger charge is -2.33. The highest BCUT2D eigenvalue weighted by atomic mass is 32.1. The number of likely N-dealkylation sites (tertiary alicyclic amines) is 1. The zero-order valence-corrected chi connectivity index (χ0v) is 18.4. The third-order valence-electron chi connectivity index (χ3n) is 5.47. The molecule has 4 rings (SSSR count). The van der Waals surface area contributed by atoms with Gasteiger partial charge in [0.25, 0.3) is 0 Å². The molecule has 1 aliphatic rings. The Morgan fingerprint density at radius 2 is 2.13 bits per heavy atom. The van der Waals surface area contributed by atoms with Crippen LogP contribution >= 0.6 is 11.3 Å². The lowest BCUT2D eigenvalue weighted by molar-refractivity contribution is 0.198. The van der Waals surface area contributed by atoms with E-state index >= 15 is 0 Å². The van der Waals surface area contributed by atoms with Crippen LogP contribution in [0.4, 0.5) is 0 Å². The maximum absolute atomic E-state index is 4.79. The van der Waals surface area contributed by atoms with Crippen molar-refractivity contribution in [1.82, 2.24) is 30.1 Å². The fourth-order valence-electron chi connectivity index (χ4n) is 3.88. The molecule has 0 atom stereocenters. The second kappa shape index (κ2) is 10.5. The quantitative estimate of drug-likeness (QED) is 0.330. The van der Waals surface area contributed by atoms with E-state index in [0.717, 1.165) is 75.8 Å². The lowest BCUT2D eigenvalue weighted by atomic mass is 10.0. The summed E-state index contributed by atoms with van der Waals surface area (Å²) in [6.45, 7) is 7.09. The molecule has 0 bridgehead atoms. The van der Waals surface area contributed by atoms with Gasteiger partial charge in [0.05, 0.1) is 0 Å². The van der Waals surface area contributed by atoms with Crippen LogP contribution < -0.4 is 10.6 Å². The molecule has 3 aromatic heterocycles. The molecule has 0 amide bonds. The highest BCUT2D eigenvalue weighted by molar-refractivity contribution is 7.07. The number of piperidine rings is 1. The number of guanidine groups is 1. The Balaban J connectivity index is 1.23. The number of hydrogen-bond donors (Lipinski definition) is 2. The number of hydrogen-bond acceptors (Lipinski definition) is 5. The van der Waals surface area contributed by atoms with Crippen molar-refractivity contribution in [1.29, 1.82) is 0 Å². The van der Waals surface area contributed by atoms with E-state index in [2.05, 4.69) is 53.9 Å². The van der Waals surface area contributed by atoms with Gasteiger partial charge in [0, 0.05) is 51.4 Å². The molecule has 7 nitrogen and oxygen atoms in total. The molecule has 0 aromatic carbocycles. The molecule has 0 aliphatic carbocycles. The van der Waals surface area contributed by atoms with Gasteiger partial charge < -0.3 is 10.6 Å². The van der Waals surface area contributed by atoms with Crippen molar-refractivity contribution in [2.75, 3.05) is 26.2 Å². The van der Waals surface area contributed by atoms with E-state index in [0.29, 0.717) is 6.04 Å². The summed E-state index contributed by atoms with van der Waals surface area (Å²) in [5, 5.41) is 20.0. The van der Waals surface area contributed by atoms with Crippen LogP contribution in [0, 0.1) is 0 Å². The molecule has 1 aliphatic heterocycles. The first-order valence-corrected chi connectivity index (χ1v) is 11.8. The number of pyridine rings is 1. The largest absolute Gasteiger partial charge is 0.357 e. The smallest absolute Gasteiger partial charge is 0.191 e. The number of aromatic nitrogens is 3. The molecule has 8 heteroatoms. The minimum absolute atomic E-state index is 0.488. The third-order valence-corrected chi connectivity index (χ3v) is 6.20. The maximum atomic E-state index is 4.79. The summed E-state index contributed by atoms with van der Waals surface area (Å²) in [4.78, 5) is 7.34. The van der Waals surface area contributed by atoms with Gasteiger partial charge in [0.15, 0.2) is 11.6 Å². The molecule has 30 heavy (non-hydrogen) atoms. The maximum Gasteiger partial charge on any atom is 0.191 e. The van der Waals surface area contributed by atoms with Crippen molar-refractivity contribution in [2.24, 2.45) is 4.99 Å². The van der Waals surface area contributed by atoms with Crippen molar-refractivity contribution < 1.29 is 0 Å². The third kappa shape index (κ3) is 5.58. The van der Waals surface area contributed by atoms with E-state index in [4.69, 9.17) is 4.99 Å². The summed E-state index contributed by atoms with van der Waals surface area (Å²) >= 11 is 1.78. The van der Waals surface area contributed by atoms with E-state index in [1.165, 1.54) is 5.56 Å². The SMILES string of the molecule is CCNC(=NCCCc1nnc2ccccn12)NC1CCN(Cc2ccsc2)CC1. The molecule has 0 saturated carbocycles. The highest BCUT2D eigenvalue weighted by Gasteiger charge is 2.20. The Labute approximate surface area is 182 Å². The Morgan fingerprint density at radius 3 is 2.93 bits per heavy atom. The van der Waals surface area contributed by atoms with E-state index in [-0.39, 0.29) is 0 Å². The van der Waals surface area contributed by atoms with Crippen LogP contribution in [0.3, 0.4) is 0 Å². The first-order chi connectivity index (χ1) is 14.8. The summed E-state index contributed by atoms with van der Waals surface area (Å²) in [5.74, 6) is 1.93. The number of aryl methyl sites for hydroxylation is 1. The van der Waals surface area contributed by atoms with Crippen LogP contribution in [0.2, 0.25) is 0 Å². The zero-order valence-electron chi connectivity index (χ0n) is 17.6. The molecule has 0 unspecified atom stereocenters. The minimum Gasteiger partial charge on any atom is -0.357 e. The molecule has 1 saturated heterocycles. The van der Waals surface area contributed by atoms with E-state index in [1.54, 1.807) is 11.3 Å². The average molecular weight is 426 g/mol. The molecular formula is C22H31N7S. The number of nitrogens with one attached hydrogen (secondary N) is 2. The van der Waals surface area contributed by atoms with Crippen molar-refractivity contribution in [3.8, 4) is 0 Å². The second-order valence-electron chi connectivity index (χ2n) is 7.74. The predicted molar refractivity (Wildman–Crippen MR) is 123 cm³/mol. The summed E-state index contributed by atoms with van der Waals surface area (Å²) in [7, 11) is 0. The molecule has 4 heterocycles. The van der Waals surface area contributed by atoms with Gasteiger partial charge >= 0.3 is 0 Å². The first kappa shape index (κ1) is 20.8. The van der Waals surface area contributed by atoms with E-state index in [9.17, 15) is 0 Å². The highest BCUT2D eigenvalue weighted by Crippen LogP contribution is 2.15. The van der Waals surface area contributed by atoms with Gasteiger partial charge in [-0.25, -0.2) is 0 Å². The van der Waals surface area contributed by atoms with Crippen LogP contribution in [0.5, 0.6) is 0 Å². The van der Waals surface area contributed by atoms with Crippen LogP contribution in [-0.4, -0.2) is 57.7 Å². The molecule has 1 fully saturated rings. The zero-order chi connectivity index (χ0) is 20.6. The summed E-state index contributed by atoms with van der Waals surface area (Å²) in [6, 6.07) is 8.69. The first-order valence-electron chi connectivity index (χ1n) is 10.9. The van der Waals surface area contributed by atoms with Crippen LogP contribution in [-0.2, 0) is 13.0 Å². The standard InChI is InChI=1S/C22H31N7S/c1-2-23-22(24-11-5-7-21-27-26-20-6-3-4-12-29(20)21)25-19-8-13-28(14-9-19)16-18-10-15-30-17-18/h3-4,6,10,12,15,17,19H,2,5,7-9,11,13-14,16H2,1H3,(H2,23,24,25). The predicted octanol–water partition coefficient (Wildman–Crippen LogP) is 2.94. The fraction of sp³-hybridized carbons (Fsp3) is 0.500. The lowest BCUT2D eigenvalue weighted by Crippen LogP contribution is -2.48. The van der Waals surface area contributed by atoms with E-state index in [1.807, 2.05) is 24.4 Å². The van der Waals surface area contributed by atoms with Gasteiger partial charge in [0.1, 0.15) is 5.82 Å². The molecule has 0 spiro atoms. The van der Waals surface area contributed by atoms with Crippen molar-refractivity contribution >= 4 is 22.9 Å². The van der Waals surface area contributed by atoms with Gasteiger partial charge in [-0.1, -0.05) is 6.07 Å². The van der Waals surface area contributed by atoms with Crippen LogP contribution in [0.15, 0.2) is 46.2 Å². The topological polar surface area (TPSA) is 69.8 Å². The Bertz CT molecular complexity index is 926. The molecule has 3 aromatic rings. The Hall–Kier alpha value is -2.45. The van der Waals surface area contributed by atoms with Gasteiger partial charge in [-0.2, -0.15) is 11.3 Å². The summed E-state index contributed by atoms with van der Waals surface area (Å²) < 4.78 is 2.05. The van der Waals surface area contributed by atoms with Gasteiger partial charge in [-0.3, -0.25) is 14.3 Å². The van der Waals surface area contributed by atoms with Crippen molar-refractivity contribution in [3.63, 3.8) is 0 Å². The van der Waals surface area contributed by atoms with Crippen molar-refractivity contribution in [2.45, 2.75) is 45.2 Å². The summed E-state index contributed by atoms with van der Waals surface area (Å²) in [6.07, 6.45) is 6.14. The van der Waals surface area contributed by atoms with E-state index < -0.39 is 0 Å². The second-order valence-corrected chi connectivity index (χ2v) is 8.52. The number of nitrogens with zero attached hydrogens (tertiary/aromatic N) is 5. The van der Waals surface area contributed by atoms with Crippen LogP contribution in [0.1, 0.15) is 37.6 Å². The molecule has 160 valence electrons. The monoisotopic (exact) mass is 425 g/mol. The van der Waals surface area contributed by atoms with Gasteiger partial charge in [-0.15, -0.1) is 10.2 Å². The number of thiophene rings is 1. The Morgan fingerprint density at radius 1 is 1.23 bits per heavy atom. The normalized spacial score (nSPS) is 16.2. The number of rotatable bonds is 8. The van der Waals surface area contributed by atoms with Crippen molar-refractivity contribution in [3.05, 3.63) is 52.6 Å². The van der Waals surface area contributed by atoms with Gasteiger partial charge in [-0.05, 0) is 60.7 Å². The molecular weight excluding hydrogens is 394 g/mol. The van der Waals surface area contributed by atoms with Crippen LogP contribution in [0.25, 0.3) is 5.65 Å². The van der Waals surface area contributed by atoms with Gasteiger partial charge in [0.2, 0.25) is 0 Å². The Kier molecular flexibility index (Phi) is 7.31. The average Bonchev–Trinajstić information content (AvgIpc) is 3.43.